The van der Waals surface area contributed by atoms with Gasteiger partial charge in [-0.15, -0.1) is 13.2 Å². The lowest BCUT2D eigenvalue weighted by atomic mass is 9.95. The van der Waals surface area contributed by atoms with Gasteiger partial charge < -0.3 is 10.1 Å². The van der Waals surface area contributed by atoms with Crippen LogP contribution in [0.1, 0.15) is 12.0 Å². The van der Waals surface area contributed by atoms with Gasteiger partial charge in [0, 0.05) is 17.6 Å². The lowest BCUT2D eigenvalue weighted by Gasteiger charge is -2.14. The largest absolute Gasteiger partial charge is 0.573 e. The van der Waals surface area contributed by atoms with Gasteiger partial charge in [-0.2, -0.15) is 0 Å². The molecule has 2 N–H and O–H groups in total. The number of fused-ring (bicyclic) bond motifs is 1. The van der Waals surface area contributed by atoms with E-state index in [1.807, 2.05) is 12.1 Å². The number of halogens is 3. The van der Waals surface area contributed by atoms with Crippen LogP contribution < -0.4 is 14.8 Å². The molecule has 0 radical (unpaired) electrons. The molecule has 1 saturated heterocycles. The summed E-state index contributed by atoms with van der Waals surface area (Å²) < 4.78 is 67.6. The number of ether oxygens (including phenoxy) is 1. The molecule has 2 aliphatic rings. The summed E-state index contributed by atoms with van der Waals surface area (Å²) in [6.45, 7) is 1.96. The van der Waals surface area contributed by atoms with E-state index in [4.69, 9.17) is 0 Å². The smallest absolute Gasteiger partial charge is 0.406 e. The van der Waals surface area contributed by atoms with E-state index in [2.05, 4.69) is 14.8 Å². The van der Waals surface area contributed by atoms with Gasteiger partial charge in [0.1, 0.15) is 5.75 Å². The Hall–Kier alpha value is -2.26. The number of nitrogens with one attached hydrogen (secondary N) is 2. The Morgan fingerprint density at radius 1 is 1.07 bits per heavy atom. The minimum atomic E-state index is -4.82. The SMILES string of the molecule is O=S(=O)(Nc1ccc(C23CNCC2C3)cc1)c1ccc(OC(F)(F)F)cc1. The van der Waals surface area contributed by atoms with Crippen molar-refractivity contribution in [3.63, 3.8) is 0 Å². The van der Waals surface area contributed by atoms with Crippen molar-refractivity contribution < 1.29 is 26.3 Å². The molecule has 2 unspecified atom stereocenters. The zero-order valence-corrected chi connectivity index (χ0v) is 14.9. The molecule has 5 nitrogen and oxygen atoms in total. The highest BCUT2D eigenvalue weighted by molar-refractivity contribution is 7.92. The third kappa shape index (κ3) is 3.61. The van der Waals surface area contributed by atoms with Gasteiger partial charge in [-0.25, -0.2) is 8.42 Å². The van der Waals surface area contributed by atoms with Gasteiger partial charge in [-0.05, 0) is 60.8 Å². The van der Waals surface area contributed by atoms with E-state index in [0.29, 0.717) is 11.6 Å². The minimum Gasteiger partial charge on any atom is -0.406 e. The van der Waals surface area contributed by atoms with Crippen LogP contribution in [-0.2, 0) is 15.4 Å². The van der Waals surface area contributed by atoms with E-state index in [1.165, 1.54) is 5.56 Å². The number of anilines is 1. The Morgan fingerprint density at radius 3 is 2.26 bits per heavy atom. The third-order valence-corrected chi connectivity index (χ3v) is 6.54. The number of hydrogen-bond acceptors (Lipinski definition) is 4. The molecule has 2 fully saturated rings. The third-order valence-electron chi connectivity index (χ3n) is 5.14. The van der Waals surface area contributed by atoms with Crippen LogP contribution in [0.15, 0.2) is 53.4 Å². The second kappa shape index (κ2) is 6.13. The monoisotopic (exact) mass is 398 g/mol. The van der Waals surface area contributed by atoms with E-state index in [-0.39, 0.29) is 10.3 Å². The summed E-state index contributed by atoms with van der Waals surface area (Å²) in [5, 5.41) is 3.36. The number of sulfonamides is 1. The maximum Gasteiger partial charge on any atom is 0.573 e. The van der Waals surface area contributed by atoms with Crippen molar-refractivity contribution in [2.24, 2.45) is 5.92 Å². The molecule has 9 heteroatoms. The minimum absolute atomic E-state index is 0.151. The van der Waals surface area contributed by atoms with Crippen LogP contribution in [0.2, 0.25) is 0 Å². The molecular weight excluding hydrogens is 381 g/mol. The highest BCUT2D eigenvalue weighted by Gasteiger charge is 2.57. The van der Waals surface area contributed by atoms with E-state index in [1.54, 1.807) is 12.1 Å². The molecule has 2 atom stereocenters. The zero-order valence-electron chi connectivity index (χ0n) is 14.1. The summed E-state index contributed by atoms with van der Waals surface area (Å²) >= 11 is 0. The van der Waals surface area contributed by atoms with Gasteiger partial charge in [0.2, 0.25) is 0 Å². The fourth-order valence-electron chi connectivity index (χ4n) is 3.69. The molecule has 0 amide bonds. The van der Waals surface area contributed by atoms with Crippen LogP contribution >= 0.6 is 0 Å². The second-order valence-corrected chi connectivity index (χ2v) is 8.57. The lowest BCUT2D eigenvalue weighted by Crippen LogP contribution is -2.19. The van der Waals surface area contributed by atoms with E-state index < -0.39 is 22.1 Å². The number of alkyl halides is 3. The van der Waals surface area contributed by atoms with E-state index in [9.17, 15) is 21.6 Å². The summed E-state index contributed by atoms with van der Waals surface area (Å²) in [5.74, 6) is 0.173. The van der Waals surface area contributed by atoms with Crippen LogP contribution in [0.3, 0.4) is 0 Å². The first-order valence-corrected chi connectivity index (χ1v) is 9.86. The molecule has 1 heterocycles. The zero-order chi connectivity index (χ0) is 19.3. The molecule has 1 aliphatic heterocycles. The Morgan fingerprint density at radius 2 is 1.74 bits per heavy atom. The number of rotatable bonds is 5. The second-order valence-electron chi connectivity index (χ2n) is 6.89. The molecule has 0 bridgehead atoms. The Balaban J connectivity index is 1.47. The van der Waals surface area contributed by atoms with Crippen LogP contribution in [0, 0.1) is 5.92 Å². The molecular formula is C18H17F3N2O3S. The molecule has 0 spiro atoms. The summed E-state index contributed by atoms with van der Waals surface area (Å²) in [5.41, 5.74) is 1.77. The van der Waals surface area contributed by atoms with Gasteiger partial charge in [0.15, 0.2) is 0 Å². The summed E-state index contributed by atoms with van der Waals surface area (Å²) in [6.07, 6.45) is -3.67. The molecule has 2 aromatic carbocycles. The van der Waals surface area contributed by atoms with Gasteiger partial charge in [0.05, 0.1) is 4.90 Å². The van der Waals surface area contributed by atoms with Gasteiger partial charge in [-0.1, -0.05) is 12.1 Å². The standard InChI is InChI=1S/C18H17F3N2O3S/c19-18(20,21)26-15-5-7-16(8-6-15)27(24,25)23-14-3-1-12(2-4-14)17-9-13(17)10-22-11-17/h1-8,13,22-23H,9-11H2. The van der Waals surface area contributed by atoms with E-state index in [0.717, 1.165) is 43.8 Å². The average molecular weight is 398 g/mol. The number of piperidine rings is 1. The molecule has 0 aromatic heterocycles. The Bertz CT molecular complexity index is 943. The highest BCUT2D eigenvalue weighted by atomic mass is 32.2. The predicted octanol–water partition coefficient (Wildman–Crippen LogP) is 3.25. The summed E-state index contributed by atoms with van der Waals surface area (Å²) in [6, 6.07) is 11.3. The summed E-state index contributed by atoms with van der Waals surface area (Å²) in [7, 11) is -3.91. The topological polar surface area (TPSA) is 67.4 Å². The Kier molecular flexibility index (Phi) is 4.12. The molecule has 4 rings (SSSR count). The molecule has 27 heavy (non-hydrogen) atoms. The van der Waals surface area contributed by atoms with Crippen molar-refractivity contribution in [2.75, 3.05) is 17.8 Å². The first-order valence-electron chi connectivity index (χ1n) is 8.38. The normalized spacial score (nSPS) is 24.3. The first-order chi connectivity index (χ1) is 12.7. The van der Waals surface area contributed by atoms with Crippen molar-refractivity contribution in [3.8, 4) is 5.75 Å². The lowest BCUT2D eigenvalue weighted by molar-refractivity contribution is -0.274. The fourth-order valence-corrected chi connectivity index (χ4v) is 4.75. The van der Waals surface area contributed by atoms with Crippen LogP contribution in [0.25, 0.3) is 0 Å². The Labute approximate surface area is 154 Å². The van der Waals surface area contributed by atoms with Crippen molar-refractivity contribution in [1.29, 1.82) is 0 Å². The van der Waals surface area contributed by atoms with Crippen LogP contribution in [-0.4, -0.2) is 27.9 Å². The fraction of sp³-hybridized carbons (Fsp3) is 0.333. The van der Waals surface area contributed by atoms with Gasteiger partial charge in [0.25, 0.3) is 10.0 Å². The molecule has 144 valence electrons. The average Bonchev–Trinajstić information content (AvgIpc) is 3.15. The number of benzene rings is 2. The van der Waals surface area contributed by atoms with Crippen molar-refractivity contribution in [2.45, 2.75) is 23.1 Å². The van der Waals surface area contributed by atoms with Crippen molar-refractivity contribution in [3.05, 3.63) is 54.1 Å². The van der Waals surface area contributed by atoms with Crippen molar-refractivity contribution in [1.82, 2.24) is 5.32 Å². The molecule has 1 aliphatic carbocycles. The quantitative estimate of drug-likeness (QED) is 0.812. The van der Waals surface area contributed by atoms with Crippen molar-refractivity contribution >= 4 is 15.7 Å². The first kappa shape index (κ1) is 18.1. The molecule has 2 aromatic rings. The van der Waals surface area contributed by atoms with Gasteiger partial charge >= 0.3 is 6.36 Å². The molecule has 1 saturated carbocycles. The maximum atomic E-state index is 12.4. The number of hydrogen-bond donors (Lipinski definition) is 2. The van der Waals surface area contributed by atoms with Crippen LogP contribution in [0.4, 0.5) is 18.9 Å². The predicted molar refractivity (Wildman–Crippen MR) is 93.0 cm³/mol. The van der Waals surface area contributed by atoms with Gasteiger partial charge in [-0.3, -0.25) is 4.72 Å². The highest BCUT2D eigenvalue weighted by Crippen LogP contribution is 2.56. The van der Waals surface area contributed by atoms with E-state index >= 15 is 0 Å². The van der Waals surface area contributed by atoms with Crippen LogP contribution in [0.5, 0.6) is 5.75 Å². The summed E-state index contributed by atoms with van der Waals surface area (Å²) in [4.78, 5) is -0.151. The maximum absolute atomic E-state index is 12.4.